The molecule has 3 nitrogen and oxygen atoms in total. The summed E-state index contributed by atoms with van der Waals surface area (Å²) in [6.45, 7) is 13.0. The van der Waals surface area contributed by atoms with E-state index in [0.29, 0.717) is 6.04 Å². The van der Waals surface area contributed by atoms with Gasteiger partial charge in [-0.15, -0.1) is 0 Å². The van der Waals surface area contributed by atoms with Crippen molar-refractivity contribution in [1.82, 2.24) is 15.1 Å². The number of hydrogen-bond donors (Lipinski definition) is 1. The Labute approximate surface area is 114 Å². The topological polar surface area (TPSA) is 18.5 Å². The van der Waals surface area contributed by atoms with Crippen molar-refractivity contribution >= 4 is 0 Å². The first-order valence-electron chi connectivity index (χ1n) is 7.83. The molecule has 1 saturated heterocycles. The molecule has 1 heterocycles. The van der Waals surface area contributed by atoms with Crippen LogP contribution in [0.1, 0.15) is 46.5 Å². The van der Waals surface area contributed by atoms with Gasteiger partial charge in [0.15, 0.2) is 0 Å². The molecule has 1 aliphatic rings. The Kier molecular flexibility index (Phi) is 7.87. The molecule has 1 fully saturated rings. The lowest BCUT2D eigenvalue weighted by Gasteiger charge is -2.30. The van der Waals surface area contributed by atoms with Crippen LogP contribution < -0.4 is 5.32 Å². The zero-order chi connectivity index (χ0) is 13.4. The first-order valence-corrected chi connectivity index (χ1v) is 7.83. The Morgan fingerprint density at radius 1 is 1.28 bits per heavy atom. The van der Waals surface area contributed by atoms with E-state index in [1.807, 2.05) is 0 Å². The second-order valence-electron chi connectivity index (χ2n) is 5.86. The van der Waals surface area contributed by atoms with Crippen LogP contribution in [-0.4, -0.2) is 61.7 Å². The van der Waals surface area contributed by atoms with Gasteiger partial charge < -0.3 is 10.2 Å². The lowest BCUT2D eigenvalue weighted by Crippen LogP contribution is -2.44. The molecular formula is C15H33N3. The van der Waals surface area contributed by atoms with Crippen LogP contribution in [0.4, 0.5) is 0 Å². The number of hydrogen-bond acceptors (Lipinski definition) is 3. The average molecular weight is 255 g/mol. The van der Waals surface area contributed by atoms with Gasteiger partial charge in [-0.3, -0.25) is 4.90 Å². The minimum atomic E-state index is 0.671. The molecule has 108 valence electrons. The summed E-state index contributed by atoms with van der Waals surface area (Å²) in [6, 6.07) is 1.42. The van der Waals surface area contributed by atoms with Gasteiger partial charge in [0.2, 0.25) is 0 Å². The van der Waals surface area contributed by atoms with Crippen LogP contribution in [0.25, 0.3) is 0 Å². The van der Waals surface area contributed by atoms with Crippen molar-refractivity contribution < 1.29 is 0 Å². The predicted molar refractivity (Wildman–Crippen MR) is 80.1 cm³/mol. The molecule has 0 radical (unpaired) electrons. The van der Waals surface area contributed by atoms with E-state index in [0.717, 1.165) is 12.6 Å². The van der Waals surface area contributed by atoms with Crippen LogP contribution in [0.3, 0.4) is 0 Å². The zero-order valence-corrected chi connectivity index (χ0v) is 12.9. The van der Waals surface area contributed by atoms with Crippen molar-refractivity contribution in [3.8, 4) is 0 Å². The van der Waals surface area contributed by atoms with E-state index in [2.05, 4.69) is 42.9 Å². The molecule has 0 bridgehead atoms. The van der Waals surface area contributed by atoms with Crippen LogP contribution in [0, 0.1) is 0 Å². The summed E-state index contributed by atoms with van der Waals surface area (Å²) in [5, 5.41) is 3.65. The van der Waals surface area contributed by atoms with Crippen molar-refractivity contribution in [2.24, 2.45) is 0 Å². The summed E-state index contributed by atoms with van der Waals surface area (Å²) >= 11 is 0. The minimum Gasteiger partial charge on any atom is -0.313 e. The summed E-state index contributed by atoms with van der Waals surface area (Å²) in [5.74, 6) is 0. The van der Waals surface area contributed by atoms with E-state index in [4.69, 9.17) is 0 Å². The SMILES string of the molecule is CCCC(C)NCCN1CCCN(C)CC1CC. The molecule has 18 heavy (non-hydrogen) atoms. The van der Waals surface area contributed by atoms with Crippen LogP contribution in [-0.2, 0) is 0 Å². The molecule has 1 aliphatic heterocycles. The number of nitrogens with one attached hydrogen (secondary N) is 1. The fraction of sp³-hybridized carbons (Fsp3) is 1.00. The lowest BCUT2D eigenvalue weighted by atomic mass is 10.1. The Bertz CT molecular complexity index is 208. The minimum absolute atomic E-state index is 0.671. The molecule has 0 aliphatic carbocycles. The van der Waals surface area contributed by atoms with E-state index in [1.165, 1.54) is 51.9 Å². The van der Waals surface area contributed by atoms with E-state index in [-0.39, 0.29) is 0 Å². The van der Waals surface area contributed by atoms with Gasteiger partial charge in [0.25, 0.3) is 0 Å². The highest BCUT2D eigenvalue weighted by Gasteiger charge is 2.21. The summed E-state index contributed by atoms with van der Waals surface area (Å²) in [5.41, 5.74) is 0. The third-order valence-corrected chi connectivity index (χ3v) is 4.11. The van der Waals surface area contributed by atoms with Crippen molar-refractivity contribution in [3.05, 3.63) is 0 Å². The smallest absolute Gasteiger partial charge is 0.0220 e. The predicted octanol–water partition coefficient (Wildman–Crippen LogP) is 2.18. The number of rotatable bonds is 7. The molecule has 1 rings (SSSR count). The zero-order valence-electron chi connectivity index (χ0n) is 12.9. The molecule has 2 atom stereocenters. The van der Waals surface area contributed by atoms with Crippen molar-refractivity contribution in [2.45, 2.75) is 58.5 Å². The Morgan fingerprint density at radius 3 is 2.72 bits per heavy atom. The fourth-order valence-electron chi connectivity index (χ4n) is 2.96. The molecule has 0 aromatic rings. The van der Waals surface area contributed by atoms with Gasteiger partial charge >= 0.3 is 0 Å². The Morgan fingerprint density at radius 2 is 2.06 bits per heavy atom. The molecule has 0 spiro atoms. The molecule has 0 amide bonds. The third kappa shape index (κ3) is 5.68. The maximum atomic E-state index is 3.65. The van der Waals surface area contributed by atoms with Crippen LogP contribution in [0.5, 0.6) is 0 Å². The highest BCUT2D eigenvalue weighted by molar-refractivity contribution is 4.78. The fourth-order valence-corrected chi connectivity index (χ4v) is 2.96. The van der Waals surface area contributed by atoms with E-state index in [9.17, 15) is 0 Å². The first-order chi connectivity index (χ1) is 8.67. The Hall–Kier alpha value is -0.120. The van der Waals surface area contributed by atoms with Gasteiger partial charge in [-0.1, -0.05) is 20.3 Å². The number of likely N-dealkylation sites (N-methyl/N-ethyl adjacent to an activating group) is 1. The molecule has 3 heteroatoms. The van der Waals surface area contributed by atoms with Gasteiger partial charge in [0.05, 0.1) is 0 Å². The lowest BCUT2D eigenvalue weighted by molar-refractivity contribution is 0.182. The second kappa shape index (κ2) is 8.89. The van der Waals surface area contributed by atoms with Crippen LogP contribution in [0.2, 0.25) is 0 Å². The normalized spacial score (nSPS) is 25.0. The summed E-state index contributed by atoms with van der Waals surface area (Å²) < 4.78 is 0. The van der Waals surface area contributed by atoms with Gasteiger partial charge in [-0.2, -0.15) is 0 Å². The molecular weight excluding hydrogens is 222 g/mol. The van der Waals surface area contributed by atoms with Gasteiger partial charge in [0, 0.05) is 31.7 Å². The summed E-state index contributed by atoms with van der Waals surface area (Å²) in [6.07, 6.45) is 5.16. The maximum Gasteiger partial charge on any atom is 0.0220 e. The van der Waals surface area contributed by atoms with Gasteiger partial charge in [-0.25, -0.2) is 0 Å². The quantitative estimate of drug-likeness (QED) is 0.752. The third-order valence-electron chi connectivity index (χ3n) is 4.11. The molecule has 1 N–H and O–H groups in total. The highest BCUT2D eigenvalue weighted by atomic mass is 15.2. The standard InChI is InChI=1S/C15H33N3/c1-5-8-14(3)16-9-12-18-11-7-10-17(4)13-15(18)6-2/h14-16H,5-13H2,1-4H3. The van der Waals surface area contributed by atoms with Crippen molar-refractivity contribution in [2.75, 3.05) is 39.8 Å². The van der Waals surface area contributed by atoms with Crippen molar-refractivity contribution in [3.63, 3.8) is 0 Å². The van der Waals surface area contributed by atoms with Crippen LogP contribution >= 0.6 is 0 Å². The Balaban J connectivity index is 2.29. The summed E-state index contributed by atoms with van der Waals surface area (Å²) in [7, 11) is 2.26. The monoisotopic (exact) mass is 255 g/mol. The molecule has 2 unspecified atom stereocenters. The second-order valence-corrected chi connectivity index (χ2v) is 5.86. The molecule has 0 saturated carbocycles. The molecule has 0 aromatic carbocycles. The highest BCUT2D eigenvalue weighted by Crippen LogP contribution is 2.11. The van der Waals surface area contributed by atoms with Crippen molar-refractivity contribution in [1.29, 1.82) is 0 Å². The average Bonchev–Trinajstić information content (AvgIpc) is 2.51. The number of nitrogens with zero attached hydrogens (tertiary/aromatic N) is 2. The summed E-state index contributed by atoms with van der Waals surface area (Å²) in [4.78, 5) is 5.18. The van der Waals surface area contributed by atoms with E-state index >= 15 is 0 Å². The van der Waals surface area contributed by atoms with E-state index in [1.54, 1.807) is 0 Å². The van der Waals surface area contributed by atoms with E-state index < -0.39 is 0 Å². The molecule has 0 aromatic heterocycles. The van der Waals surface area contributed by atoms with Gasteiger partial charge in [0.1, 0.15) is 0 Å². The first kappa shape index (κ1) is 15.9. The maximum absolute atomic E-state index is 3.65. The van der Waals surface area contributed by atoms with Gasteiger partial charge in [-0.05, 0) is 46.3 Å². The largest absolute Gasteiger partial charge is 0.313 e. The van der Waals surface area contributed by atoms with Crippen LogP contribution in [0.15, 0.2) is 0 Å².